The van der Waals surface area contributed by atoms with Crippen LogP contribution >= 0.6 is 0 Å². The number of urea groups is 1. The van der Waals surface area contributed by atoms with Crippen molar-refractivity contribution in [2.45, 2.75) is 70.7 Å². The van der Waals surface area contributed by atoms with E-state index in [-0.39, 0.29) is 24.2 Å². The molecule has 2 N–H and O–H groups in total. The average Bonchev–Trinajstić information content (AvgIpc) is 3.05. The van der Waals surface area contributed by atoms with Crippen LogP contribution in [0.2, 0.25) is 0 Å². The van der Waals surface area contributed by atoms with Crippen LogP contribution in [0, 0.1) is 11.3 Å². The Labute approximate surface area is 266 Å². The number of piperazine rings is 1. The molecule has 2 fully saturated rings. The molecular formula is C35H43N7O3. The molecule has 0 atom stereocenters. The van der Waals surface area contributed by atoms with Gasteiger partial charge in [-0.15, -0.1) is 0 Å². The van der Waals surface area contributed by atoms with Gasteiger partial charge in [0.2, 0.25) is 0 Å². The predicted molar refractivity (Wildman–Crippen MR) is 176 cm³/mol. The molecule has 1 aliphatic carbocycles. The van der Waals surface area contributed by atoms with Gasteiger partial charge >= 0.3 is 12.1 Å². The first-order chi connectivity index (χ1) is 21.7. The molecule has 0 spiro atoms. The van der Waals surface area contributed by atoms with E-state index in [4.69, 9.17) is 10.00 Å². The lowest BCUT2D eigenvalue weighted by atomic mass is 9.90. The fourth-order valence-electron chi connectivity index (χ4n) is 5.88. The van der Waals surface area contributed by atoms with Crippen molar-refractivity contribution < 1.29 is 14.3 Å². The fourth-order valence-corrected chi connectivity index (χ4v) is 5.88. The zero-order valence-corrected chi connectivity index (χ0v) is 26.4. The van der Waals surface area contributed by atoms with Crippen molar-refractivity contribution in [2.24, 2.45) is 0 Å². The number of carbonyl (C=O) groups excluding carboxylic acids is 2. The van der Waals surface area contributed by atoms with E-state index in [2.05, 4.69) is 38.7 Å². The van der Waals surface area contributed by atoms with E-state index < -0.39 is 5.60 Å². The van der Waals surface area contributed by atoms with E-state index >= 15 is 0 Å². The normalized spacial score (nSPS) is 18.4. The first-order valence-electron chi connectivity index (χ1n) is 15.7. The third-order valence-electron chi connectivity index (χ3n) is 8.24. The molecule has 2 heterocycles. The number of hydrogen-bond donors (Lipinski definition) is 2. The lowest BCUT2D eigenvalue weighted by molar-refractivity contribution is 0.0240. The summed E-state index contributed by atoms with van der Waals surface area (Å²) in [7, 11) is 0. The number of hydrogen-bond acceptors (Lipinski definition) is 7. The second kappa shape index (κ2) is 14.3. The van der Waals surface area contributed by atoms with Crippen molar-refractivity contribution in [3.63, 3.8) is 0 Å². The third-order valence-corrected chi connectivity index (χ3v) is 8.24. The number of nitrogens with one attached hydrogen (secondary N) is 2. The van der Waals surface area contributed by atoms with Gasteiger partial charge in [-0.25, -0.2) is 14.6 Å². The summed E-state index contributed by atoms with van der Waals surface area (Å²) in [5.41, 5.74) is 3.00. The quantitative estimate of drug-likeness (QED) is 0.330. The van der Waals surface area contributed by atoms with Crippen molar-refractivity contribution in [2.75, 3.05) is 41.3 Å². The average molecular weight is 610 g/mol. The molecule has 3 aromatic rings. The van der Waals surface area contributed by atoms with E-state index in [0.717, 1.165) is 48.4 Å². The molecule has 10 nitrogen and oxygen atoms in total. The molecule has 3 amide bonds. The van der Waals surface area contributed by atoms with Crippen LogP contribution < -0.4 is 20.4 Å². The summed E-state index contributed by atoms with van der Waals surface area (Å²) in [4.78, 5) is 36.5. The molecule has 2 aliphatic rings. The molecule has 236 valence electrons. The van der Waals surface area contributed by atoms with Crippen molar-refractivity contribution >= 4 is 29.3 Å². The minimum absolute atomic E-state index is 0.0518. The topological polar surface area (TPSA) is 114 Å². The molecule has 0 bridgehead atoms. The van der Waals surface area contributed by atoms with Crippen molar-refractivity contribution in [1.29, 1.82) is 5.26 Å². The Morgan fingerprint density at radius 1 is 0.956 bits per heavy atom. The summed E-state index contributed by atoms with van der Waals surface area (Å²) < 4.78 is 5.54. The second-order valence-corrected chi connectivity index (χ2v) is 12.7. The first-order valence-corrected chi connectivity index (χ1v) is 15.7. The second-order valence-electron chi connectivity index (χ2n) is 12.7. The Morgan fingerprint density at radius 3 is 2.24 bits per heavy atom. The number of anilines is 3. The number of amides is 3. The molecule has 1 saturated heterocycles. The zero-order chi connectivity index (χ0) is 31.8. The van der Waals surface area contributed by atoms with Gasteiger partial charge in [-0.1, -0.05) is 30.3 Å². The van der Waals surface area contributed by atoms with E-state index in [0.29, 0.717) is 38.3 Å². The molecule has 1 saturated carbocycles. The fraction of sp³-hybridized carbons (Fsp3) is 0.429. The van der Waals surface area contributed by atoms with Gasteiger partial charge in [-0.05, 0) is 88.4 Å². The summed E-state index contributed by atoms with van der Waals surface area (Å²) >= 11 is 0. The number of carbonyl (C=O) groups is 2. The van der Waals surface area contributed by atoms with Crippen LogP contribution in [0.3, 0.4) is 0 Å². The van der Waals surface area contributed by atoms with Crippen LogP contribution in [0.4, 0.5) is 26.8 Å². The third kappa shape index (κ3) is 8.66. The summed E-state index contributed by atoms with van der Waals surface area (Å²) in [6.07, 6.45) is 4.80. The maximum atomic E-state index is 13.7. The highest BCUT2D eigenvalue weighted by atomic mass is 16.6. The zero-order valence-electron chi connectivity index (χ0n) is 26.4. The van der Waals surface area contributed by atoms with Gasteiger partial charge in [-0.2, -0.15) is 5.26 Å². The van der Waals surface area contributed by atoms with Crippen molar-refractivity contribution in [3.8, 4) is 6.07 Å². The lowest BCUT2D eigenvalue weighted by Crippen LogP contribution is -2.50. The van der Waals surface area contributed by atoms with Crippen LogP contribution in [-0.2, 0) is 11.3 Å². The minimum Gasteiger partial charge on any atom is -0.444 e. The summed E-state index contributed by atoms with van der Waals surface area (Å²) in [5.74, 6) is 0.762. The standard InChI is InChI=1S/C35H43N7O3/c1-35(2,3)45-34(44)41-21-19-40(20-22-41)29-14-16-31(17-15-29)42(33(43)38-24-26-7-5-4-6-8-26)30-12-10-28(11-13-30)39-32-18-9-27(23-36)25-37-32/h4-9,14-18,25,28,30H,10-13,19-22,24H2,1-3H3,(H,37,39)(H,38,43). The summed E-state index contributed by atoms with van der Waals surface area (Å²) in [6.45, 7) is 8.72. The van der Waals surface area contributed by atoms with E-state index in [1.807, 2.05) is 74.2 Å². The van der Waals surface area contributed by atoms with E-state index in [9.17, 15) is 9.59 Å². The van der Waals surface area contributed by atoms with Gasteiger partial charge in [0, 0.05) is 62.4 Å². The smallest absolute Gasteiger partial charge is 0.410 e. The number of rotatable bonds is 7. The van der Waals surface area contributed by atoms with Gasteiger partial charge in [0.15, 0.2) is 0 Å². The Kier molecular flexibility index (Phi) is 10.1. The van der Waals surface area contributed by atoms with E-state index in [1.54, 1.807) is 17.2 Å². The number of nitrogens with zero attached hydrogens (tertiary/aromatic N) is 5. The number of aromatic nitrogens is 1. The Morgan fingerprint density at radius 2 is 1.64 bits per heavy atom. The molecule has 2 aromatic carbocycles. The number of nitriles is 1. The minimum atomic E-state index is -0.513. The maximum Gasteiger partial charge on any atom is 0.410 e. The summed E-state index contributed by atoms with van der Waals surface area (Å²) in [6, 6.07) is 24.0. The highest BCUT2D eigenvalue weighted by Gasteiger charge is 2.31. The van der Waals surface area contributed by atoms with Gasteiger partial charge < -0.3 is 25.2 Å². The molecule has 1 aliphatic heterocycles. The Hall–Kier alpha value is -4.78. The molecule has 5 rings (SSSR count). The highest BCUT2D eigenvalue weighted by Crippen LogP contribution is 2.31. The molecular weight excluding hydrogens is 566 g/mol. The molecule has 45 heavy (non-hydrogen) atoms. The van der Waals surface area contributed by atoms with Crippen LogP contribution in [0.25, 0.3) is 0 Å². The molecule has 1 aromatic heterocycles. The largest absolute Gasteiger partial charge is 0.444 e. The van der Waals surface area contributed by atoms with Crippen LogP contribution in [-0.4, -0.2) is 65.9 Å². The Bertz CT molecular complexity index is 1450. The van der Waals surface area contributed by atoms with E-state index in [1.165, 1.54) is 0 Å². The van der Waals surface area contributed by atoms with Crippen molar-refractivity contribution in [3.05, 3.63) is 84.1 Å². The van der Waals surface area contributed by atoms with Gasteiger partial charge in [-0.3, -0.25) is 4.90 Å². The van der Waals surface area contributed by atoms with Crippen molar-refractivity contribution in [1.82, 2.24) is 15.2 Å². The van der Waals surface area contributed by atoms with Crippen LogP contribution in [0.1, 0.15) is 57.6 Å². The first kappa shape index (κ1) is 31.6. The number of ether oxygens (including phenoxy) is 1. The molecule has 10 heteroatoms. The SMILES string of the molecule is CC(C)(C)OC(=O)N1CCN(c2ccc(N(C(=O)NCc3ccccc3)C3CCC(Nc4ccc(C#N)cn4)CC3)cc2)CC1. The lowest BCUT2D eigenvalue weighted by Gasteiger charge is -2.38. The van der Waals surface area contributed by atoms with Crippen LogP contribution in [0.5, 0.6) is 0 Å². The highest BCUT2D eigenvalue weighted by molar-refractivity contribution is 5.92. The Balaban J connectivity index is 1.24. The van der Waals surface area contributed by atoms with Gasteiger partial charge in [0.25, 0.3) is 0 Å². The van der Waals surface area contributed by atoms with Gasteiger partial charge in [0.1, 0.15) is 17.5 Å². The molecule has 0 radical (unpaired) electrons. The van der Waals surface area contributed by atoms with Crippen LogP contribution in [0.15, 0.2) is 72.9 Å². The monoisotopic (exact) mass is 609 g/mol. The summed E-state index contributed by atoms with van der Waals surface area (Å²) in [5, 5.41) is 15.7. The molecule has 0 unspecified atom stereocenters. The maximum absolute atomic E-state index is 13.7. The predicted octanol–water partition coefficient (Wildman–Crippen LogP) is 6.15. The number of benzene rings is 2. The number of pyridine rings is 1. The van der Waals surface area contributed by atoms with Gasteiger partial charge in [0.05, 0.1) is 5.56 Å².